The summed E-state index contributed by atoms with van der Waals surface area (Å²) in [5.74, 6) is 0. The minimum Gasteiger partial charge on any atom is -0.310 e. The summed E-state index contributed by atoms with van der Waals surface area (Å²) in [5.41, 5.74) is 6.24. The highest BCUT2D eigenvalue weighted by molar-refractivity contribution is 5.40. The SMILES string of the molecule is CCNC(CC)c1cccc(-n2nc(C)c(CC)c2C)c1. The number of benzene rings is 1. The fourth-order valence-electron chi connectivity index (χ4n) is 3.06. The summed E-state index contributed by atoms with van der Waals surface area (Å²) in [7, 11) is 0. The van der Waals surface area contributed by atoms with E-state index in [1.807, 2.05) is 0 Å². The third-order valence-electron chi connectivity index (χ3n) is 4.17. The van der Waals surface area contributed by atoms with Crippen molar-refractivity contribution in [2.45, 2.75) is 53.5 Å². The summed E-state index contributed by atoms with van der Waals surface area (Å²) in [6.07, 6.45) is 2.13. The van der Waals surface area contributed by atoms with Crippen LogP contribution in [0.2, 0.25) is 0 Å². The van der Waals surface area contributed by atoms with E-state index in [-0.39, 0.29) is 0 Å². The molecule has 1 unspecified atom stereocenters. The van der Waals surface area contributed by atoms with Crippen molar-refractivity contribution in [1.29, 1.82) is 0 Å². The molecule has 0 amide bonds. The van der Waals surface area contributed by atoms with Crippen molar-refractivity contribution in [2.24, 2.45) is 0 Å². The molecule has 0 saturated carbocycles. The number of rotatable bonds is 6. The molecule has 0 aliphatic rings. The lowest BCUT2D eigenvalue weighted by atomic mass is 10.0. The highest BCUT2D eigenvalue weighted by Gasteiger charge is 2.13. The summed E-state index contributed by atoms with van der Waals surface area (Å²) < 4.78 is 2.08. The lowest BCUT2D eigenvalue weighted by Gasteiger charge is -2.17. The fraction of sp³-hybridized carbons (Fsp3) is 0.500. The third kappa shape index (κ3) is 3.18. The minimum absolute atomic E-state index is 0.414. The number of nitrogens with zero attached hydrogens (tertiary/aromatic N) is 2. The highest BCUT2D eigenvalue weighted by atomic mass is 15.3. The molecule has 3 heteroatoms. The molecule has 0 bridgehead atoms. The number of aromatic nitrogens is 2. The minimum atomic E-state index is 0.414. The Balaban J connectivity index is 2.42. The van der Waals surface area contributed by atoms with Gasteiger partial charge >= 0.3 is 0 Å². The first-order valence-electron chi connectivity index (χ1n) is 8.01. The summed E-state index contributed by atoms with van der Waals surface area (Å²) in [6.45, 7) is 11.8. The van der Waals surface area contributed by atoms with Gasteiger partial charge in [0.15, 0.2) is 0 Å². The lowest BCUT2D eigenvalue weighted by Crippen LogP contribution is -2.20. The maximum atomic E-state index is 4.72. The second-order valence-corrected chi connectivity index (χ2v) is 5.53. The Morgan fingerprint density at radius 1 is 1.19 bits per heavy atom. The van der Waals surface area contributed by atoms with Crippen LogP contribution < -0.4 is 5.32 Å². The molecule has 0 fully saturated rings. The predicted octanol–water partition coefficient (Wildman–Crippen LogP) is 4.11. The Labute approximate surface area is 128 Å². The fourth-order valence-corrected chi connectivity index (χ4v) is 3.06. The predicted molar refractivity (Wildman–Crippen MR) is 89.1 cm³/mol. The van der Waals surface area contributed by atoms with Gasteiger partial charge < -0.3 is 5.32 Å². The number of aryl methyl sites for hydroxylation is 1. The van der Waals surface area contributed by atoms with Gasteiger partial charge in [0.25, 0.3) is 0 Å². The van der Waals surface area contributed by atoms with E-state index in [9.17, 15) is 0 Å². The first kappa shape index (κ1) is 15.8. The van der Waals surface area contributed by atoms with E-state index in [2.05, 4.69) is 68.9 Å². The van der Waals surface area contributed by atoms with Gasteiger partial charge in [0.2, 0.25) is 0 Å². The van der Waals surface area contributed by atoms with Crippen LogP contribution in [0.15, 0.2) is 24.3 Å². The quantitative estimate of drug-likeness (QED) is 0.865. The molecule has 2 rings (SSSR count). The summed E-state index contributed by atoms with van der Waals surface area (Å²) in [4.78, 5) is 0. The van der Waals surface area contributed by atoms with E-state index >= 15 is 0 Å². The van der Waals surface area contributed by atoms with E-state index in [0.29, 0.717) is 6.04 Å². The van der Waals surface area contributed by atoms with Gasteiger partial charge in [0.1, 0.15) is 0 Å². The van der Waals surface area contributed by atoms with Crippen LogP contribution >= 0.6 is 0 Å². The average Bonchev–Trinajstić information content (AvgIpc) is 2.79. The molecule has 0 radical (unpaired) electrons. The smallest absolute Gasteiger partial charge is 0.0652 e. The van der Waals surface area contributed by atoms with E-state index in [0.717, 1.165) is 30.8 Å². The van der Waals surface area contributed by atoms with Crippen LogP contribution in [-0.2, 0) is 6.42 Å². The van der Waals surface area contributed by atoms with E-state index in [1.165, 1.54) is 16.8 Å². The first-order valence-corrected chi connectivity index (χ1v) is 8.01. The summed E-state index contributed by atoms with van der Waals surface area (Å²) in [6, 6.07) is 9.15. The van der Waals surface area contributed by atoms with Crippen molar-refractivity contribution in [1.82, 2.24) is 15.1 Å². The first-order chi connectivity index (χ1) is 10.1. The molecule has 1 atom stereocenters. The Bertz CT molecular complexity index is 599. The van der Waals surface area contributed by atoms with E-state index < -0.39 is 0 Å². The Morgan fingerprint density at radius 2 is 1.95 bits per heavy atom. The zero-order valence-corrected chi connectivity index (χ0v) is 13.9. The third-order valence-corrected chi connectivity index (χ3v) is 4.17. The van der Waals surface area contributed by atoms with Crippen LogP contribution in [0.3, 0.4) is 0 Å². The van der Waals surface area contributed by atoms with Crippen molar-refractivity contribution in [3.05, 3.63) is 46.8 Å². The van der Waals surface area contributed by atoms with Crippen LogP contribution in [0.4, 0.5) is 0 Å². The van der Waals surface area contributed by atoms with Crippen molar-refractivity contribution < 1.29 is 0 Å². The van der Waals surface area contributed by atoms with E-state index in [4.69, 9.17) is 5.10 Å². The van der Waals surface area contributed by atoms with E-state index in [1.54, 1.807) is 0 Å². The second kappa shape index (κ2) is 6.90. The van der Waals surface area contributed by atoms with Crippen LogP contribution in [0.25, 0.3) is 5.69 Å². The molecular formula is C18H27N3. The largest absolute Gasteiger partial charge is 0.310 e. The molecular weight excluding hydrogens is 258 g/mol. The van der Waals surface area contributed by atoms with Gasteiger partial charge in [-0.25, -0.2) is 4.68 Å². The molecule has 114 valence electrons. The van der Waals surface area contributed by atoms with Crippen molar-refractivity contribution in [2.75, 3.05) is 6.54 Å². The number of nitrogens with one attached hydrogen (secondary N) is 1. The van der Waals surface area contributed by atoms with Gasteiger partial charge in [0, 0.05) is 11.7 Å². The number of hydrogen-bond acceptors (Lipinski definition) is 2. The molecule has 0 aliphatic carbocycles. The standard InChI is InChI=1S/C18H27N3/c1-6-17-13(4)20-21(14(17)5)16-11-9-10-15(12-16)18(7-2)19-8-3/h9-12,18-19H,6-8H2,1-5H3. The average molecular weight is 285 g/mol. The topological polar surface area (TPSA) is 29.9 Å². The molecule has 0 aliphatic heterocycles. The van der Waals surface area contributed by atoms with Gasteiger partial charge in [-0.15, -0.1) is 0 Å². The van der Waals surface area contributed by atoms with Crippen molar-refractivity contribution in [3.8, 4) is 5.69 Å². The van der Waals surface area contributed by atoms with Gasteiger partial charge in [-0.05, 0) is 56.5 Å². The number of hydrogen-bond donors (Lipinski definition) is 1. The molecule has 21 heavy (non-hydrogen) atoms. The van der Waals surface area contributed by atoms with Gasteiger partial charge in [-0.2, -0.15) is 5.10 Å². The normalized spacial score (nSPS) is 12.6. The Hall–Kier alpha value is -1.61. The molecule has 0 spiro atoms. The van der Waals surface area contributed by atoms with Crippen LogP contribution in [0.1, 0.15) is 55.7 Å². The molecule has 1 aromatic heterocycles. The summed E-state index contributed by atoms with van der Waals surface area (Å²) in [5, 5.41) is 8.26. The molecule has 3 nitrogen and oxygen atoms in total. The van der Waals surface area contributed by atoms with Crippen LogP contribution in [-0.4, -0.2) is 16.3 Å². The maximum Gasteiger partial charge on any atom is 0.0652 e. The monoisotopic (exact) mass is 285 g/mol. The highest BCUT2D eigenvalue weighted by Crippen LogP contribution is 2.22. The zero-order valence-electron chi connectivity index (χ0n) is 13.9. The van der Waals surface area contributed by atoms with Crippen LogP contribution in [0.5, 0.6) is 0 Å². The Morgan fingerprint density at radius 3 is 2.52 bits per heavy atom. The van der Waals surface area contributed by atoms with Crippen molar-refractivity contribution >= 4 is 0 Å². The molecule has 1 heterocycles. The summed E-state index contributed by atoms with van der Waals surface area (Å²) >= 11 is 0. The second-order valence-electron chi connectivity index (χ2n) is 5.53. The lowest BCUT2D eigenvalue weighted by molar-refractivity contribution is 0.537. The molecule has 1 N–H and O–H groups in total. The Kier molecular flexibility index (Phi) is 5.18. The maximum absolute atomic E-state index is 4.72. The molecule has 2 aromatic rings. The van der Waals surface area contributed by atoms with Gasteiger partial charge in [0.05, 0.1) is 11.4 Å². The molecule has 1 aromatic carbocycles. The zero-order chi connectivity index (χ0) is 15.4. The van der Waals surface area contributed by atoms with Crippen molar-refractivity contribution in [3.63, 3.8) is 0 Å². The van der Waals surface area contributed by atoms with Gasteiger partial charge in [-0.1, -0.05) is 32.9 Å². The molecule has 0 saturated heterocycles. The van der Waals surface area contributed by atoms with Gasteiger partial charge in [-0.3, -0.25) is 0 Å². The van der Waals surface area contributed by atoms with Crippen LogP contribution in [0, 0.1) is 13.8 Å².